The van der Waals surface area contributed by atoms with Gasteiger partial charge in [0.1, 0.15) is 11.3 Å². The second-order valence-electron chi connectivity index (χ2n) is 3.17. The molecule has 4 nitrogen and oxygen atoms in total. The lowest BCUT2D eigenvalue weighted by molar-refractivity contribution is 1.12. The zero-order chi connectivity index (χ0) is 9.54. The number of halogens is 1. The number of H-pyrrole nitrogens is 1. The quantitative estimate of drug-likeness (QED) is 0.610. The van der Waals surface area contributed by atoms with Crippen molar-refractivity contribution in [3.63, 3.8) is 0 Å². The van der Waals surface area contributed by atoms with Crippen molar-refractivity contribution in [1.82, 2.24) is 15.2 Å². The average Bonchev–Trinajstić information content (AvgIpc) is 2.67. The fraction of sp³-hybridized carbons (Fsp3) is 0. The van der Waals surface area contributed by atoms with E-state index in [0.717, 1.165) is 21.8 Å². The Morgan fingerprint density at radius 3 is 2.80 bits per heavy atom. The topological polar surface area (TPSA) is 67.6 Å². The molecule has 0 radical (unpaired) electrons. The van der Waals surface area contributed by atoms with E-state index in [0.29, 0.717) is 5.82 Å². The molecule has 76 valence electrons. The number of fused-ring (bicyclic) bond motifs is 3. The second kappa shape index (κ2) is 3.40. The molecule has 0 aliphatic heterocycles. The van der Waals surface area contributed by atoms with Crippen LogP contribution in [0.5, 0.6) is 0 Å². The number of aromatic nitrogens is 3. The molecule has 5 heteroatoms. The Morgan fingerprint density at radius 1 is 1.13 bits per heavy atom. The summed E-state index contributed by atoms with van der Waals surface area (Å²) in [5.41, 5.74) is 7.50. The number of rotatable bonds is 0. The number of nitrogens with zero attached hydrogens (tertiary/aromatic N) is 2. The summed E-state index contributed by atoms with van der Waals surface area (Å²) < 4.78 is 0. The van der Waals surface area contributed by atoms with Crippen molar-refractivity contribution in [1.29, 1.82) is 0 Å². The molecular weight excluding hydrogens is 212 g/mol. The summed E-state index contributed by atoms with van der Waals surface area (Å²) in [5, 5.41) is 8.91. The third kappa shape index (κ3) is 1.30. The van der Waals surface area contributed by atoms with Gasteiger partial charge in [-0.3, -0.25) is 5.10 Å². The zero-order valence-corrected chi connectivity index (χ0v) is 8.58. The molecule has 0 amide bonds. The monoisotopic (exact) mass is 220 g/mol. The Hall–Kier alpha value is -1.81. The van der Waals surface area contributed by atoms with Crippen molar-refractivity contribution in [2.75, 3.05) is 5.73 Å². The van der Waals surface area contributed by atoms with Crippen LogP contribution in [0.1, 0.15) is 0 Å². The van der Waals surface area contributed by atoms with Crippen LogP contribution in [-0.2, 0) is 0 Å². The third-order valence-corrected chi connectivity index (χ3v) is 2.33. The lowest BCUT2D eigenvalue weighted by Gasteiger charge is -2.00. The molecule has 3 rings (SSSR count). The smallest absolute Gasteiger partial charge is 0.150 e. The van der Waals surface area contributed by atoms with E-state index in [2.05, 4.69) is 15.2 Å². The maximum atomic E-state index is 5.78. The van der Waals surface area contributed by atoms with Gasteiger partial charge in [-0.05, 0) is 6.07 Å². The lowest BCUT2D eigenvalue weighted by atomic mass is 10.1. The van der Waals surface area contributed by atoms with Crippen LogP contribution < -0.4 is 5.73 Å². The van der Waals surface area contributed by atoms with E-state index in [9.17, 15) is 0 Å². The molecule has 1 aromatic carbocycles. The van der Waals surface area contributed by atoms with E-state index in [1.807, 2.05) is 24.3 Å². The van der Waals surface area contributed by atoms with Crippen molar-refractivity contribution >= 4 is 40.0 Å². The fourth-order valence-electron chi connectivity index (χ4n) is 1.67. The van der Waals surface area contributed by atoms with E-state index in [1.54, 1.807) is 6.20 Å². The Labute approximate surface area is 91.9 Å². The molecule has 0 saturated carbocycles. The van der Waals surface area contributed by atoms with Crippen LogP contribution in [0.3, 0.4) is 0 Å². The van der Waals surface area contributed by atoms with E-state index in [-0.39, 0.29) is 12.4 Å². The first-order chi connectivity index (χ1) is 6.86. The number of pyridine rings is 1. The molecular formula is C10H9ClN4. The molecule has 0 fully saturated rings. The summed E-state index contributed by atoms with van der Waals surface area (Å²) in [6.45, 7) is 0. The largest absolute Gasteiger partial charge is 0.382 e. The van der Waals surface area contributed by atoms with Crippen molar-refractivity contribution in [2.45, 2.75) is 0 Å². The van der Waals surface area contributed by atoms with Crippen molar-refractivity contribution in [3.8, 4) is 0 Å². The Morgan fingerprint density at radius 2 is 1.93 bits per heavy atom. The summed E-state index contributed by atoms with van der Waals surface area (Å²) in [6, 6.07) is 7.88. The van der Waals surface area contributed by atoms with Gasteiger partial charge in [-0.25, -0.2) is 4.98 Å². The van der Waals surface area contributed by atoms with Crippen LogP contribution in [0.4, 0.5) is 5.82 Å². The average molecular weight is 221 g/mol. The first-order valence-electron chi connectivity index (χ1n) is 4.33. The van der Waals surface area contributed by atoms with Crippen LogP contribution in [0, 0.1) is 0 Å². The van der Waals surface area contributed by atoms with Gasteiger partial charge in [-0.15, -0.1) is 12.4 Å². The molecule has 0 spiro atoms. The molecule has 0 atom stereocenters. The molecule has 0 aliphatic carbocycles. The molecule has 0 unspecified atom stereocenters. The summed E-state index contributed by atoms with van der Waals surface area (Å²) in [6.07, 6.45) is 1.77. The number of hydrogen-bond acceptors (Lipinski definition) is 3. The van der Waals surface area contributed by atoms with Gasteiger partial charge < -0.3 is 5.73 Å². The van der Waals surface area contributed by atoms with Gasteiger partial charge in [0.2, 0.25) is 0 Å². The van der Waals surface area contributed by atoms with Crippen molar-refractivity contribution < 1.29 is 0 Å². The summed E-state index contributed by atoms with van der Waals surface area (Å²) in [5.74, 6) is 0.496. The Kier molecular flexibility index (Phi) is 2.21. The predicted octanol–water partition coefficient (Wildman–Crippen LogP) is 2.12. The van der Waals surface area contributed by atoms with E-state index < -0.39 is 0 Å². The highest BCUT2D eigenvalue weighted by atomic mass is 35.5. The fourth-order valence-corrected chi connectivity index (χ4v) is 1.67. The number of benzene rings is 1. The zero-order valence-electron chi connectivity index (χ0n) is 7.77. The number of hydrogen-bond donors (Lipinski definition) is 2. The number of nitrogens with one attached hydrogen (secondary N) is 1. The van der Waals surface area contributed by atoms with Crippen LogP contribution in [0.15, 0.2) is 30.5 Å². The van der Waals surface area contributed by atoms with Gasteiger partial charge in [-0.1, -0.05) is 18.2 Å². The van der Waals surface area contributed by atoms with Gasteiger partial charge in [0, 0.05) is 10.8 Å². The maximum Gasteiger partial charge on any atom is 0.150 e. The minimum atomic E-state index is 0. The third-order valence-electron chi connectivity index (χ3n) is 2.33. The number of nitrogen functional groups attached to an aromatic ring is 1. The van der Waals surface area contributed by atoms with Gasteiger partial charge in [0.15, 0.2) is 0 Å². The standard InChI is InChI=1S/C10H8N4.ClH/c11-10-9-7(5-12-14-9)6-3-1-2-4-8(6)13-10;/h1-5H,(H2,11,13)(H,12,14);1H. The molecule has 0 bridgehead atoms. The van der Waals surface area contributed by atoms with E-state index in [4.69, 9.17) is 5.73 Å². The van der Waals surface area contributed by atoms with Crippen LogP contribution in [0.2, 0.25) is 0 Å². The summed E-state index contributed by atoms with van der Waals surface area (Å²) >= 11 is 0. The number of anilines is 1. The number of nitrogens with two attached hydrogens (primary N) is 1. The minimum absolute atomic E-state index is 0. The first-order valence-corrected chi connectivity index (χ1v) is 4.33. The molecule has 0 saturated heterocycles. The lowest BCUT2D eigenvalue weighted by Crippen LogP contribution is -1.92. The van der Waals surface area contributed by atoms with Crippen LogP contribution in [0.25, 0.3) is 21.8 Å². The number of aromatic amines is 1. The highest BCUT2D eigenvalue weighted by Crippen LogP contribution is 2.25. The highest BCUT2D eigenvalue weighted by molar-refractivity contribution is 6.07. The first kappa shape index (κ1) is 9.73. The van der Waals surface area contributed by atoms with Crippen molar-refractivity contribution in [2.24, 2.45) is 0 Å². The van der Waals surface area contributed by atoms with Gasteiger partial charge in [0.25, 0.3) is 0 Å². The second-order valence-corrected chi connectivity index (χ2v) is 3.17. The summed E-state index contributed by atoms with van der Waals surface area (Å²) in [4.78, 5) is 4.28. The Bertz CT molecular complexity index is 617. The minimum Gasteiger partial charge on any atom is -0.382 e. The molecule has 0 aliphatic rings. The number of para-hydroxylation sites is 1. The Balaban J connectivity index is 0.000000853. The molecule has 3 N–H and O–H groups in total. The summed E-state index contributed by atoms with van der Waals surface area (Å²) in [7, 11) is 0. The van der Waals surface area contributed by atoms with E-state index in [1.165, 1.54) is 0 Å². The van der Waals surface area contributed by atoms with Crippen LogP contribution >= 0.6 is 12.4 Å². The SMILES string of the molecule is Cl.Nc1nc2ccccc2c2cn[nH]c12. The molecule has 2 aromatic heterocycles. The highest BCUT2D eigenvalue weighted by Gasteiger charge is 2.06. The van der Waals surface area contributed by atoms with Crippen molar-refractivity contribution in [3.05, 3.63) is 30.5 Å². The van der Waals surface area contributed by atoms with Gasteiger partial charge in [-0.2, -0.15) is 5.10 Å². The predicted molar refractivity (Wildman–Crippen MR) is 63.1 cm³/mol. The maximum absolute atomic E-state index is 5.78. The molecule has 15 heavy (non-hydrogen) atoms. The van der Waals surface area contributed by atoms with Gasteiger partial charge in [0.05, 0.1) is 11.7 Å². The molecule has 2 heterocycles. The van der Waals surface area contributed by atoms with E-state index >= 15 is 0 Å². The normalized spacial score (nSPS) is 10.4. The van der Waals surface area contributed by atoms with Crippen LogP contribution in [-0.4, -0.2) is 15.2 Å². The van der Waals surface area contributed by atoms with Gasteiger partial charge >= 0.3 is 0 Å². The molecule has 3 aromatic rings.